The molecule has 0 atom stereocenters. The number of esters is 1. The van der Waals surface area contributed by atoms with Crippen molar-refractivity contribution in [2.45, 2.75) is 4.90 Å². The summed E-state index contributed by atoms with van der Waals surface area (Å²) in [4.78, 5) is 13.5. The summed E-state index contributed by atoms with van der Waals surface area (Å²) < 4.78 is 42.2. The fourth-order valence-corrected chi connectivity index (χ4v) is 4.46. The Balaban J connectivity index is 1.61. The zero-order chi connectivity index (χ0) is 20.9. The molecule has 0 spiro atoms. The van der Waals surface area contributed by atoms with Crippen LogP contribution in [0.25, 0.3) is 0 Å². The van der Waals surface area contributed by atoms with E-state index in [1.54, 1.807) is 7.11 Å². The minimum Gasteiger partial charge on any atom is -0.497 e. The Hall–Kier alpha value is -2.78. The molecule has 1 fully saturated rings. The summed E-state index contributed by atoms with van der Waals surface area (Å²) in [5.74, 6) is 0.684. The van der Waals surface area contributed by atoms with E-state index in [2.05, 4.69) is 9.64 Å². The Morgan fingerprint density at radius 1 is 0.897 bits per heavy atom. The number of anilines is 1. The third kappa shape index (κ3) is 4.99. The van der Waals surface area contributed by atoms with E-state index in [9.17, 15) is 13.2 Å². The van der Waals surface area contributed by atoms with Crippen LogP contribution in [-0.4, -0.2) is 65.7 Å². The molecule has 0 unspecified atom stereocenters. The van der Waals surface area contributed by atoms with E-state index in [0.29, 0.717) is 31.9 Å². The van der Waals surface area contributed by atoms with Crippen LogP contribution < -0.4 is 14.4 Å². The van der Waals surface area contributed by atoms with Crippen LogP contribution in [0.15, 0.2) is 53.4 Å². The number of sulfonamides is 1. The second kappa shape index (κ2) is 9.15. The zero-order valence-corrected chi connectivity index (χ0v) is 17.2. The van der Waals surface area contributed by atoms with Crippen LogP contribution in [0.2, 0.25) is 0 Å². The average molecular weight is 420 g/mol. The van der Waals surface area contributed by atoms with E-state index in [1.807, 2.05) is 24.3 Å². The van der Waals surface area contributed by atoms with Gasteiger partial charge < -0.3 is 19.1 Å². The highest BCUT2D eigenvalue weighted by molar-refractivity contribution is 7.89. The van der Waals surface area contributed by atoms with Crippen LogP contribution in [0, 0.1) is 0 Å². The molecule has 0 aliphatic carbocycles. The van der Waals surface area contributed by atoms with E-state index in [4.69, 9.17) is 9.47 Å². The number of benzene rings is 2. The predicted molar refractivity (Wildman–Crippen MR) is 108 cm³/mol. The molecular formula is C20H24N2O6S. The molecule has 0 N–H and O–H groups in total. The molecule has 0 bridgehead atoms. The third-order valence-corrected chi connectivity index (χ3v) is 6.63. The normalized spacial score (nSPS) is 15.0. The summed E-state index contributed by atoms with van der Waals surface area (Å²) >= 11 is 0. The van der Waals surface area contributed by atoms with Gasteiger partial charge in [0.15, 0.2) is 6.61 Å². The number of hydrogen-bond acceptors (Lipinski definition) is 7. The number of rotatable bonds is 7. The van der Waals surface area contributed by atoms with Gasteiger partial charge in [-0.25, -0.2) is 13.2 Å². The predicted octanol–water partition coefficient (Wildman–Crippen LogP) is 1.76. The van der Waals surface area contributed by atoms with E-state index in [-0.39, 0.29) is 11.5 Å². The van der Waals surface area contributed by atoms with Crippen molar-refractivity contribution < 1.29 is 27.4 Å². The third-order valence-electron chi connectivity index (χ3n) is 4.72. The summed E-state index contributed by atoms with van der Waals surface area (Å²) in [7, 11) is -0.697. The van der Waals surface area contributed by atoms with Crippen molar-refractivity contribution in [1.82, 2.24) is 4.31 Å². The maximum Gasteiger partial charge on any atom is 0.343 e. The highest BCUT2D eigenvalue weighted by Crippen LogP contribution is 2.24. The molecule has 3 rings (SSSR count). The lowest BCUT2D eigenvalue weighted by molar-refractivity contribution is -0.142. The van der Waals surface area contributed by atoms with E-state index < -0.39 is 16.0 Å². The van der Waals surface area contributed by atoms with E-state index in [0.717, 1.165) is 11.4 Å². The molecule has 1 aliphatic rings. The second-order valence-corrected chi connectivity index (χ2v) is 8.36. The topological polar surface area (TPSA) is 85.4 Å². The Bertz CT molecular complexity index is 920. The van der Waals surface area contributed by atoms with Crippen LogP contribution in [0.1, 0.15) is 0 Å². The summed E-state index contributed by atoms with van der Waals surface area (Å²) in [6.07, 6.45) is 0. The fourth-order valence-electron chi connectivity index (χ4n) is 3.04. The van der Waals surface area contributed by atoms with Crippen molar-refractivity contribution in [3.05, 3.63) is 48.5 Å². The lowest BCUT2D eigenvalue weighted by atomic mass is 10.2. The number of hydrogen-bond donors (Lipinski definition) is 0. The second-order valence-electron chi connectivity index (χ2n) is 6.43. The van der Waals surface area contributed by atoms with Crippen molar-refractivity contribution in [2.24, 2.45) is 0 Å². The Kier molecular flexibility index (Phi) is 6.60. The summed E-state index contributed by atoms with van der Waals surface area (Å²) in [5, 5.41) is 0. The van der Waals surface area contributed by atoms with Gasteiger partial charge in [0.2, 0.25) is 10.0 Å². The summed E-state index contributed by atoms with van der Waals surface area (Å²) in [6, 6.07) is 13.7. The van der Waals surface area contributed by atoms with E-state index in [1.165, 1.54) is 35.7 Å². The molecule has 0 amide bonds. The molecule has 1 saturated heterocycles. The molecule has 156 valence electrons. The van der Waals surface area contributed by atoms with E-state index >= 15 is 0 Å². The highest BCUT2D eigenvalue weighted by Gasteiger charge is 2.28. The van der Waals surface area contributed by atoms with Gasteiger partial charge in [-0.1, -0.05) is 0 Å². The molecule has 0 radical (unpaired) electrons. The molecule has 0 saturated carbocycles. The summed E-state index contributed by atoms with van der Waals surface area (Å²) in [6.45, 7) is 1.78. The van der Waals surface area contributed by atoms with Gasteiger partial charge >= 0.3 is 5.97 Å². The maximum absolute atomic E-state index is 12.9. The smallest absolute Gasteiger partial charge is 0.343 e. The van der Waals surface area contributed by atoms with Gasteiger partial charge in [0, 0.05) is 31.9 Å². The molecular weight excluding hydrogens is 396 g/mol. The number of methoxy groups -OCH3 is 2. The van der Waals surface area contributed by atoms with Gasteiger partial charge in [0.25, 0.3) is 0 Å². The molecule has 0 aromatic heterocycles. The minimum atomic E-state index is -3.59. The maximum atomic E-state index is 12.9. The van der Waals surface area contributed by atoms with Gasteiger partial charge in [-0.05, 0) is 48.5 Å². The number of ether oxygens (including phenoxy) is 3. The first kappa shape index (κ1) is 20.9. The standard InChI is InChI=1S/C20H24N2O6S/c1-26-17-5-3-16(4-6-17)21-11-13-22(14-12-21)29(24,25)19-9-7-18(8-10-19)28-15-20(23)27-2/h3-10H,11-15H2,1-2H3. The molecule has 8 nitrogen and oxygen atoms in total. The number of carbonyl (C=O) groups is 1. The number of piperazine rings is 1. The quantitative estimate of drug-likeness (QED) is 0.631. The van der Waals surface area contributed by atoms with Gasteiger partial charge in [0.05, 0.1) is 19.1 Å². The monoisotopic (exact) mass is 420 g/mol. The first-order valence-corrected chi connectivity index (χ1v) is 10.6. The highest BCUT2D eigenvalue weighted by atomic mass is 32.2. The Morgan fingerprint density at radius 2 is 1.48 bits per heavy atom. The molecule has 1 aliphatic heterocycles. The van der Waals surface area contributed by atoms with Gasteiger partial charge in [0.1, 0.15) is 11.5 Å². The first-order valence-electron chi connectivity index (χ1n) is 9.13. The van der Waals surface area contributed by atoms with Gasteiger partial charge in [-0.2, -0.15) is 4.31 Å². The summed E-state index contributed by atoms with van der Waals surface area (Å²) in [5.41, 5.74) is 1.04. The van der Waals surface area contributed by atoms with Crippen molar-refractivity contribution >= 4 is 21.7 Å². The number of carbonyl (C=O) groups excluding carboxylic acids is 1. The first-order chi connectivity index (χ1) is 13.9. The van der Waals surface area contributed by atoms with Crippen LogP contribution in [0.3, 0.4) is 0 Å². The van der Waals surface area contributed by atoms with Crippen LogP contribution in [0.5, 0.6) is 11.5 Å². The zero-order valence-electron chi connectivity index (χ0n) is 16.4. The van der Waals surface area contributed by atoms with Crippen molar-refractivity contribution in [3.8, 4) is 11.5 Å². The Morgan fingerprint density at radius 3 is 2.03 bits per heavy atom. The van der Waals surface area contributed by atoms with Crippen LogP contribution in [0.4, 0.5) is 5.69 Å². The lowest BCUT2D eigenvalue weighted by Crippen LogP contribution is -2.48. The molecule has 9 heteroatoms. The van der Waals surface area contributed by atoms with Gasteiger partial charge in [-0.3, -0.25) is 0 Å². The van der Waals surface area contributed by atoms with Crippen molar-refractivity contribution in [2.75, 3.05) is 51.9 Å². The fraction of sp³-hybridized carbons (Fsp3) is 0.350. The Labute approximate surface area is 170 Å². The van der Waals surface area contributed by atoms with Crippen LogP contribution >= 0.6 is 0 Å². The van der Waals surface area contributed by atoms with Crippen LogP contribution in [-0.2, 0) is 19.6 Å². The SMILES string of the molecule is COC(=O)COc1ccc(S(=O)(=O)N2CCN(c3ccc(OC)cc3)CC2)cc1. The largest absolute Gasteiger partial charge is 0.497 e. The van der Waals surface area contributed by atoms with Gasteiger partial charge in [-0.15, -0.1) is 0 Å². The number of nitrogens with zero attached hydrogens (tertiary/aromatic N) is 2. The van der Waals surface area contributed by atoms with Crippen molar-refractivity contribution in [3.63, 3.8) is 0 Å². The minimum absolute atomic E-state index is 0.195. The molecule has 29 heavy (non-hydrogen) atoms. The average Bonchev–Trinajstić information content (AvgIpc) is 2.78. The molecule has 2 aromatic rings. The molecule has 1 heterocycles. The van der Waals surface area contributed by atoms with Crippen molar-refractivity contribution in [1.29, 1.82) is 0 Å². The lowest BCUT2D eigenvalue weighted by Gasteiger charge is -2.35. The molecule has 2 aromatic carbocycles.